The summed E-state index contributed by atoms with van der Waals surface area (Å²) in [7, 11) is -2.96. The standard InChI is InChI=1S/C20H21N3O3S2/c1-12-6-13(2)8-16(7-12)21-19(24)14-4-3-5-15(9-14)22-20-23-17-10-28(25,26)11-18(17)27-20/h3-9,17-18H,10-11H2,1-2H3,(H,21,24)(H,22,23)/t17-,18-/m0/s1. The molecule has 8 heteroatoms. The smallest absolute Gasteiger partial charge is 0.255 e. The highest BCUT2D eigenvalue weighted by Gasteiger charge is 2.42. The van der Waals surface area contributed by atoms with Crippen LogP contribution in [0, 0.1) is 13.8 Å². The van der Waals surface area contributed by atoms with Crippen molar-refractivity contribution in [2.24, 2.45) is 4.99 Å². The van der Waals surface area contributed by atoms with Crippen molar-refractivity contribution >= 4 is 44.0 Å². The average Bonchev–Trinajstić information content (AvgIpc) is 3.06. The van der Waals surface area contributed by atoms with Gasteiger partial charge in [-0.25, -0.2) is 8.42 Å². The Balaban J connectivity index is 1.45. The molecule has 0 bridgehead atoms. The van der Waals surface area contributed by atoms with E-state index in [1.54, 1.807) is 12.1 Å². The number of sulfone groups is 1. The molecule has 146 valence electrons. The van der Waals surface area contributed by atoms with Crippen LogP contribution in [0.4, 0.5) is 11.4 Å². The maximum absolute atomic E-state index is 12.6. The minimum Gasteiger partial charge on any atom is -0.335 e. The molecule has 1 saturated heterocycles. The van der Waals surface area contributed by atoms with E-state index in [9.17, 15) is 13.2 Å². The van der Waals surface area contributed by atoms with Crippen molar-refractivity contribution in [3.8, 4) is 0 Å². The minimum absolute atomic E-state index is 0.0106. The summed E-state index contributed by atoms with van der Waals surface area (Å²) in [5, 5.41) is 6.84. The molecule has 2 heterocycles. The fraction of sp³-hybridized carbons (Fsp3) is 0.300. The van der Waals surface area contributed by atoms with Crippen molar-refractivity contribution in [3.63, 3.8) is 0 Å². The number of amidine groups is 1. The number of aryl methyl sites for hydroxylation is 2. The van der Waals surface area contributed by atoms with Crippen LogP contribution in [-0.4, -0.2) is 42.3 Å². The van der Waals surface area contributed by atoms with E-state index in [2.05, 4.69) is 21.7 Å². The van der Waals surface area contributed by atoms with Gasteiger partial charge in [0.1, 0.15) is 0 Å². The summed E-state index contributed by atoms with van der Waals surface area (Å²) in [6.45, 7) is 3.99. The summed E-state index contributed by atoms with van der Waals surface area (Å²) >= 11 is 1.46. The number of amides is 1. The molecule has 0 spiro atoms. The third-order valence-electron chi connectivity index (χ3n) is 4.67. The third-order valence-corrected chi connectivity index (χ3v) is 7.82. The lowest BCUT2D eigenvalue weighted by Gasteiger charge is -2.10. The number of rotatable bonds is 3. The SMILES string of the molecule is Cc1cc(C)cc(NC(=O)c2cccc(NC3=N[C@H]4CS(=O)(=O)C[C@@H]4S3)c2)c1. The lowest BCUT2D eigenvalue weighted by atomic mass is 10.1. The summed E-state index contributed by atoms with van der Waals surface area (Å²) in [5.74, 6) is 0.112. The topological polar surface area (TPSA) is 87.6 Å². The Hall–Kier alpha value is -2.32. The molecule has 6 nitrogen and oxygen atoms in total. The number of thioether (sulfide) groups is 1. The maximum Gasteiger partial charge on any atom is 0.255 e. The Bertz CT molecular complexity index is 1060. The molecule has 0 radical (unpaired) electrons. The van der Waals surface area contributed by atoms with Gasteiger partial charge < -0.3 is 10.6 Å². The first-order chi connectivity index (χ1) is 13.3. The zero-order chi connectivity index (χ0) is 19.9. The van der Waals surface area contributed by atoms with E-state index in [1.807, 2.05) is 38.1 Å². The van der Waals surface area contributed by atoms with E-state index < -0.39 is 9.84 Å². The van der Waals surface area contributed by atoms with Crippen LogP contribution in [0.1, 0.15) is 21.5 Å². The van der Waals surface area contributed by atoms with Gasteiger partial charge in [0.15, 0.2) is 15.0 Å². The van der Waals surface area contributed by atoms with Crippen molar-refractivity contribution in [2.45, 2.75) is 25.1 Å². The predicted octanol–water partition coefficient (Wildman–Crippen LogP) is 3.24. The van der Waals surface area contributed by atoms with Crippen LogP contribution in [-0.2, 0) is 9.84 Å². The van der Waals surface area contributed by atoms with Gasteiger partial charge >= 0.3 is 0 Å². The first kappa shape index (κ1) is 19.0. The highest BCUT2D eigenvalue weighted by Crippen LogP contribution is 2.34. The fourth-order valence-corrected chi connectivity index (χ4v) is 7.20. The summed E-state index contributed by atoms with van der Waals surface area (Å²) in [5.41, 5.74) is 4.24. The second-order valence-corrected chi connectivity index (χ2v) is 10.7. The lowest BCUT2D eigenvalue weighted by molar-refractivity contribution is 0.102. The van der Waals surface area contributed by atoms with Crippen LogP contribution < -0.4 is 10.6 Å². The minimum atomic E-state index is -2.96. The highest BCUT2D eigenvalue weighted by atomic mass is 32.2. The molecule has 2 aromatic rings. The molecule has 2 atom stereocenters. The van der Waals surface area contributed by atoms with Gasteiger partial charge in [-0.15, -0.1) is 0 Å². The Labute approximate surface area is 168 Å². The van der Waals surface area contributed by atoms with Gasteiger partial charge in [0.25, 0.3) is 5.91 Å². The van der Waals surface area contributed by atoms with Crippen molar-refractivity contribution in [3.05, 3.63) is 59.2 Å². The van der Waals surface area contributed by atoms with Crippen molar-refractivity contribution < 1.29 is 13.2 Å². The molecule has 0 saturated carbocycles. The summed E-state index contributed by atoms with van der Waals surface area (Å²) in [6.07, 6.45) is 0. The number of hydrogen-bond donors (Lipinski definition) is 2. The largest absolute Gasteiger partial charge is 0.335 e. The van der Waals surface area contributed by atoms with Crippen molar-refractivity contribution in [2.75, 3.05) is 22.1 Å². The quantitative estimate of drug-likeness (QED) is 0.804. The highest BCUT2D eigenvalue weighted by molar-refractivity contribution is 8.15. The molecule has 0 aromatic heterocycles. The molecule has 28 heavy (non-hydrogen) atoms. The summed E-state index contributed by atoms with van der Waals surface area (Å²) < 4.78 is 23.3. The van der Waals surface area contributed by atoms with E-state index in [4.69, 9.17) is 0 Å². The molecule has 2 aromatic carbocycles. The lowest BCUT2D eigenvalue weighted by Crippen LogP contribution is -2.14. The van der Waals surface area contributed by atoms with Gasteiger partial charge in [-0.2, -0.15) is 0 Å². The number of benzene rings is 2. The van der Waals surface area contributed by atoms with Crippen LogP contribution in [0.15, 0.2) is 47.5 Å². The maximum atomic E-state index is 12.6. The second-order valence-electron chi connectivity index (χ2n) is 7.27. The molecule has 0 aliphatic carbocycles. The molecular weight excluding hydrogens is 394 g/mol. The molecule has 2 aliphatic rings. The number of carbonyl (C=O) groups excluding carboxylic acids is 1. The predicted molar refractivity (Wildman–Crippen MR) is 115 cm³/mol. The van der Waals surface area contributed by atoms with E-state index >= 15 is 0 Å². The Morgan fingerprint density at radius 3 is 2.54 bits per heavy atom. The van der Waals surface area contributed by atoms with Gasteiger partial charge in [0.2, 0.25) is 0 Å². The Morgan fingerprint density at radius 1 is 1.07 bits per heavy atom. The van der Waals surface area contributed by atoms with E-state index in [0.29, 0.717) is 10.7 Å². The summed E-state index contributed by atoms with van der Waals surface area (Å²) in [4.78, 5) is 17.1. The number of carbonyl (C=O) groups is 1. The van der Waals surface area contributed by atoms with Crippen LogP contribution in [0.5, 0.6) is 0 Å². The Morgan fingerprint density at radius 2 is 1.82 bits per heavy atom. The number of aliphatic imine (C=N–C) groups is 1. The molecule has 2 aliphatic heterocycles. The van der Waals surface area contributed by atoms with E-state index in [-0.39, 0.29) is 28.7 Å². The number of hydrogen-bond acceptors (Lipinski definition) is 6. The number of anilines is 2. The van der Waals surface area contributed by atoms with Crippen LogP contribution in [0.2, 0.25) is 0 Å². The van der Waals surface area contributed by atoms with Crippen LogP contribution in [0.3, 0.4) is 0 Å². The van der Waals surface area contributed by atoms with Gasteiger partial charge in [0, 0.05) is 22.2 Å². The normalized spacial score (nSPS) is 22.4. The number of nitrogens with zero attached hydrogens (tertiary/aromatic N) is 1. The fourth-order valence-electron chi connectivity index (χ4n) is 3.53. The molecule has 0 unspecified atom stereocenters. The summed E-state index contributed by atoms with van der Waals surface area (Å²) in [6, 6.07) is 13.0. The van der Waals surface area contributed by atoms with Gasteiger partial charge in [-0.1, -0.05) is 23.9 Å². The van der Waals surface area contributed by atoms with Gasteiger partial charge in [-0.05, 0) is 55.3 Å². The number of fused-ring (bicyclic) bond motifs is 1. The third kappa shape index (κ3) is 4.23. The molecule has 4 rings (SSSR count). The molecule has 1 fully saturated rings. The van der Waals surface area contributed by atoms with E-state index in [0.717, 1.165) is 22.5 Å². The van der Waals surface area contributed by atoms with Crippen molar-refractivity contribution in [1.82, 2.24) is 0 Å². The molecular formula is C20H21N3O3S2. The Kier molecular flexibility index (Phi) is 4.93. The zero-order valence-corrected chi connectivity index (χ0v) is 17.2. The molecule has 2 N–H and O–H groups in total. The monoisotopic (exact) mass is 415 g/mol. The number of nitrogens with one attached hydrogen (secondary N) is 2. The van der Waals surface area contributed by atoms with Crippen molar-refractivity contribution in [1.29, 1.82) is 0 Å². The molecule has 1 amide bonds. The van der Waals surface area contributed by atoms with Crippen LogP contribution in [0.25, 0.3) is 0 Å². The second kappa shape index (κ2) is 7.25. The first-order valence-corrected chi connectivity index (χ1v) is 11.7. The zero-order valence-electron chi connectivity index (χ0n) is 15.6. The van der Waals surface area contributed by atoms with Gasteiger partial charge in [0.05, 0.1) is 17.5 Å². The first-order valence-electron chi connectivity index (χ1n) is 8.99. The van der Waals surface area contributed by atoms with Crippen LogP contribution >= 0.6 is 11.8 Å². The van der Waals surface area contributed by atoms with E-state index in [1.165, 1.54) is 11.8 Å². The average molecular weight is 416 g/mol. The van der Waals surface area contributed by atoms with Gasteiger partial charge in [-0.3, -0.25) is 9.79 Å².